The van der Waals surface area contributed by atoms with E-state index in [1.54, 1.807) is 41.3 Å². The normalized spacial score (nSPS) is 13.9. The van der Waals surface area contributed by atoms with Gasteiger partial charge in [-0.25, -0.2) is 18.4 Å². The summed E-state index contributed by atoms with van der Waals surface area (Å²) in [5.74, 6) is 0.0553. The molecule has 0 radical (unpaired) electrons. The molecule has 2 heterocycles. The Balaban J connectivity index is 1.37. The number of hydrogen-bond donors (Lipinski definition) is 4. The summed E-state index contributed by atoms with van der Waals surface area (Å²) in [5.41, 5.74) is 1.69. The van der Waals surface area contributed by atoms with Crippen molar-refractivity contribution in [2.75, 3.05) is 55.2 Å². The zero-order valence-corrected chi connectivity index (χ0v) is 23.5. The van der Waals surface area contributed by atoms with Crippen LogP contribution in [0.15, 0.2) is 71.6 Å². The molecule has 4 N–H and O–H groups in total. The maximum Gasteiger partial charge on any atom is 0.263 e. The van der Waals surface area contributed by atoms with Crippen LogP contribution in [-0.4, -0.2) is 85.4 Å². The van der Waals surface area contributed by atoms with E-state index in [0.29, 0.717) is 54.3 Å². The van der Waals surface area contributed by atoms with Crippen LogP contribution in [0.25, 0.3) is 11.0 Å². The van der Waals surface area contributed by atoms with Crippen LogP contribution in [0.5, 0.6) is 11.5 Å². The summed E-state index contributed by atoms with van der Waals surface area (Å²) in [5, 5.41) is 15.8. The van der Waals surface area contributed by atoms with E-state index >= 15 is 0 Å². The molecule has 1 aliphatic heterocycles. The first-order chi connectivity index (χ1) is 20.2. The highest BCUT2D eigenvalue weighted by atomic mass is 32.2. The standard InChI is InChI=1S/C28H29N7O6S/c1-41-22-14-20(13-21(37)16-22)30-27-28(32-25-8-3-2-7-24(25)31-27)33-42(39,40)23-6-4-5-19(15-23)29-26(38)17-34-9-11-35(18-36)12-10-34/h2-8,13-16,18,37H,9-12,17H2,1H3,(H,29,38)(H,30,31)(H,32,33). The number of piperazine rings is 1. The van der Waals surface area contributed by atoms with Crippen LogP contribution < -0.4 is 20.1 Å². The van der Waals surface area contributed by atoms with Crippen molar-refractivity contribution in [3.63, 3.8) is 0 Å². The summed E-state index contributed by atoms with van der Waals surface area (Å²) in [6, 6.07) is 17.3. The molecule has 4 aromatic rings. The molecule has 218 valence electrons. The molecule has 0 spiro atoms. The van der Waals surface area contributed by atoms with Crippen molar-refractivity contribution < 1.29 is 27.9 Å². The van der Waals surface area contributed by atoms with Crippen molar-refractivity contribution in [1.29, 1.82) is 0 Å². The van der Waals surface area contributed by atoms with E-state index in [2.05, 4.69) is 25.3 Å². The second kappa shape index (κ2) is 12.3. The fourth-order valence-electron chi connectivity index (χ4n) is 4.43. The number of aromatic hydroxyl groups is 1. The average Bonchev–Trinajstić information content (AvgIpc) is 2.97. The second-order valence-corrected chi connectivity index (χ2v) is 11.2. The number of phenolic OH excluding ortho intramolecular Hbond substituents is 1. The van der Waals surface area contributed by atoms with Gasteiger partial charge in [-0.1, -0.05) is 18.2 Å². The lowest BCUT2D eigenvalue weighted by Crippen LogP contribution is -2.48. The van der Waals surface area contributed by atoms with E-state index < -0.39 is 10.0 Å². The van der Waals surface area contributed by atoms with Crippen molar-refractivity contribution in [3.8, 4) is 11.5 Å². The Morgan fingerprint density at radius 2 is 1.67 bits per heavy atom. The van der Waals surface area contributed by atoms with Gasteiger partial charge in [0, 0.05) is 55.8 Å². The van der Waals surface area contributed by atoms with Gasteiger partial charge in [-0.05, 0) is 30.3 Å². The number of amides is 2. The number of benzene rings is 3. The maximum atomic E-state index is 13.5. The summed E-state index contributed by atoms with van der Waals surface area (Å²) in [4.78, 5) is 36.1. The van der Waals surface area contributed by atoms with Crippen molar-refractivity contribution in [2.45, 2.75) is 4.90 Å². The number of carbonyl (C=O) groups is 2. The zero-order chi connectivity index (χ0) is 29.7. The van der Waals surface area contributed by atoms with Crippen molar-refractivity contribution in [1.82, 2.24) is 19.8 Å². The predicted molar refractivity (Wildman–Crippen MR) is 157 cm³/mol. The fraction of sp³-hybridized carbons (Fsp3) is 0.214. The van der Waals surface area contributed by atoms with Gasteiger partial charge >= 0.3 is 0 Å². The summed E-state index contributed by atoms with van der Waals surface area (Å²) in [6.07, 6.45) is 0.795. The van der Waals surface area contributed by atoms with Crippen LogP contribution in [-0.2, 0) is 19.6 Å². The van der Waals surface area contributed by atoms with Gasteiger partial charge in [0.2, 0.25) is 12.3 Å². The smallest absolute Gasteiger partial charge is 0.263 e. The molecule has 13 nitrogen and oxygen atoms in total. The molecule has 1 aromatic heterocycles. The van der Waals surface area contributed by atoms with Gasteiger partial charge in [0.15, 0.2) is 11.6 Å². The van der Waals surface area contributed by atoms with Crippen LogP contribution in [0, 0.1) is 0 Å². The van der Waals surface area contributed by atoms with E-state index in [1.807, 2.05) is 4.90 Å². The number of fused-ring (bicyclic) bond motifs is 1. The molecule has 0 saturated carbocycles. The van der Waals surface area contributed by atoms with Crippen LogP contribution in [0.4, 0.5) is 23.0 Å². The first-order valence-corrected chi connectivity index (χ1v) is 14.5. The second-order valence-electron chi connectivity index (χ2n) is 9.55. The minimum atomic E-state index is -4.18. The molecule has 42 heavy (non-hydrogen) atoms. The number of carbonyl (C=O) groups excluding carboxylic acids is 2. The van der Waals surface area contributed by atoms with E-state index in [0.717, 1.165) is 6.41 Å². The van der Waals surface area contributed by atoms with Crippen LogP contribution in [0.3, 0.4) is 0 Å². The molecule has 1 saturated heterocycles. The van der Waals surface area contributed by atoms with E-state index in [4.69, 9.17) is 4.74 Å². The molecule has 0 unspecified atom stereocenters. The number of anilines is 4. The number of rotatable bonds is 10. The molecule has 3 aromatic carbocycles. The number of aromatic nitrogens is 2. The topological polar surface area (TPSA) is 166 Å². The zero-order valence-electron chi connectivity index (χ0n) is 22.6. The Hall–Kier alpha value is -4.95. The highest BCUT2D eigenvalue weighted by molar-refractivity contribution is 7.92. The van der Waals surface area contributed by atoms with E-state index in [1.165, 1.54) is 37.4 Å². The molecule has 2 amide bonds. The summed E-state index contributed by atoms with van der Waals surface area (Å²) in [6.45, 7) is 2.35. The van der Waals surface area contributed by atoms with Crippen molar-refractivity contribution in [2.24, 2.45) is 0 Å². The number of ether oxygens (including phenoxy) is 1. The lowest BCUT2D eigenvalue weighted by molar-refractivity contribution is -0.120. The van der Waals surface area contributed by atoms with Gasteiger partial charge in [0.1, 0.15) is 11.5 Å². The monoisotopic (exact) mass is 591 g/mol. The number of methoxy groups -OCH3 is 1. The number of para-hydroxylation sites is 2. The third kappa shape index (κ3) is 6.85. The highest BCUT2D eigenvalue weighted by Crippen LogP contribution is 2.31. The summed E-state index contributed by atoms with van der Waals surface area (Å²) < 4.78 is 34.7. The molecule has 1 fully saturated rings. The summed E-state index contributed by atoms with van der Waals surface area (Å²) >= 11 is 0. The molecule has 0 aliphatic carbocycles. The fourth-order valence-corrected chi connectivity index (χ4v) is 5.48. The molecular formula is C28H29N7O6S. The van der Waals surface area contributed by atoms with Gasteiger partial charge in [-0.2, -0.15) is 0 Å². The molecular weight excluding hydrogens is 562 g/mol. The Morgan fingerprint density at radius 1 is 0.952 bits per heavy atom. The van der Waals surface area contributed by atoms with E-state index in [9.17, 15) is 23.1 Å². The van der Waals surface area contributed by atoms with Crippen molar-refractivity contribution >= 4 is 56.4 Å². The van der Waals surface area contributed by atoms with Gasteiger partial charge in [0.05, 0.1) is 29.6 Å². The average molecular weight is 592 g/mol. The van der Waals surface area contributed by atoms with Crippen LogP contribution in [0.1, 0.15) is 0 Å². The minimum Gasteiger partial charge on any atom is -0.508 e. The van der Waals surface area contributed by atoms with Crippen molar-refractivity contribution in [3.05, 3.63) is 66.7 Å². The van der Waals surface area contributed by atoms with Crippen LogP contribution in [0.2, 0.25) is 0 Å². The lowest BCUT2D eigenvalue weighted by atomic mass is 10.2. The molecule has 5 rings (SSSR count). The molecule has 0 bridgehead atoms. The van der Waals surface area contributed by atoms with E-state index in [-0.39, 0.29) is 34.7 Å². The highest BCUT2D eigenvalue weighted by Gasteiger charge is 2.21. The Kier molecular flexibility index (Phi) is 8.36. The third-order valence-corrected chi connectivity index (χ3v) is 7.88. The first kappa shape index (κ1) is 28.6. The minimum absolute atomic E-state index is 0.0604. The Labute approximate surface area is 242 Å². The maximum absolute atomic E-state index is 13.5. The third-order valence-electron chi connectivity index (χ3n) is 6.54. The number of sulfonamides is 1. The Morgan fingerprint density at radius 3 is 2.36 bits per heavy atom. The lowest BCUT2D eigenvalue weighted by Gasteiger charge is -2.31. The predicted octanol–water partition coefficient (Wildman–Crippen LogP) is 2.60. The molecule has 1 aliphatic rings. The molecule has 0 atom stereocenters. The van der Waals surface area contributed by atoms with Gasteiger partial charge < -0.3 is 25.4 Å². The van der Waals surface area contributed by atoms with Gasteiger partial charge in [0.25, 0.3) is 10.0 Å². The summed E-state index contributed by atoms with van der Waals surface area (Å²) in [7, 11) is -2.72. The number of nitrogens with zero attached hydrogens (tertiary/aromatic N) is 4. The number of hydrogen-bond acceptors (Lipinski definition) is 10. The van der Waals surface area contributed by atoms with Gasteiger partial charge in [-0.15, -0.1) is 0 Å². The molecule has 14 heteroatoms. The number of phenols is 1. The Bertz CT molecular complexity index is 1730. The van der Waals surface area contributed by atoms with Gasteiger partial charge in [-0.3, -0.25) is 19.2 Å². The first-order valence-electron chi connectivity index (χ1n) is 13.0. The van der Waals surface area contributed by atoms with Crippen LogP contribution >= 0.6 is 0 Å². The largest absolute Gasteiger partial charge is 0.508 e. The number of nitrogens with one attached hydrogen (secondary N) is 3. The SMILES string of the molecule is COc1cc(O)cc(Nc2nc3ccccc3nc2NS(=O)(=O)c2cccc(NC(=O)CN3CCN(C=O)CC3)c2)c1. The quantitative estimate of drug-likeness (QED) is 0.201.